The minimum Gasteiger partial charge on any atom is -0.397 e. The Morgan fingerprint density at radius 1 is 1.22 bits per heavy atom. The number of hydrogen-bond acceptors (Lipinski definition) is 2. The number of nitrogens with two attached hydrogens (primary N) is 1. The van der Waals surface area contributed by atoms with Gasteiger partial charge in [-0.25, -0.2) is 4.39 Å². The fourth-order valence-electron chi connectivity index (χ4n) is 1.66. The lowest BCUT2D eigenvalue weighted by atomic mass is 10.2. The van der Waals surface area contributed by atoms with Gasteiger partial charge in [0.1, 0.15) is 5.82 Å². The largest absolute Gasteiger partial charge is 0.397 e. The highest BCUT2D eigenvalue weighted by molar-refractivity contribution is 9.10. The monoisotopic (exact) mass is 328 g/mol. The number of halogens is 3. The first-order chi connectivity index (χ1) is 8.49. The highest BCUT2D eigenvalue weighted by Crippen LogP contribution is 2.32. The zero-order valence-electron chi connectivity index (χ0n) is 9.62. The Morgan fingerprint density at radius 3 is 2.56 bits per heavy atom. The molecule has 0 radical (unpaired) electrons. The highest BCUT2D eigenvalue weighted by Gasteiger charge is 2.10. The predicted molar refractivity (Wildman–Crippen MR) is 78.0 cm³/mol. The second-order valence-electron chi connectivity index (χ2n) is 3.86. The fraction of sp³-hybridized carbons (Fsp3) is 0.0769. The van der Waals surface area contributed by atoms with Crippen molar-refractivity contribution in [3.63, 3.8) is 0 Å². The van der Waals surface area contributed by atoms with Crippen molar-refractivity contribution in [2.75, 3.05) is 17.7 Å². The minimum absolute atomic E-state index is 0.0926. The van der Waals surface area contributed by atoms with E-state index in [1.165, 1.54) is 6.07 Å². The summed E-state index contributed by atoms with van der Waals surface area (Å²) in [5, 5.41) is 0.0926. The molecule has 0 heterocycles. The molecular formula is C13H11BrClFN2. The molecule has 0 fully saturated rings. The van der Waals surface area contributed by atoms with Crippen molar-refractivity contribution in [1.29, 1.82) is 0 Å². The summed E-state index contributed by atoms with van der Waals surface area (Å²) in [7, 11) is 1.85. The molecule has 94 valence electrons. The Labute approximate surface area is 118 Å². The quantitative estimate of drug-likeness (QED) is 0.816. The molecule has 0 atom stereocenters. The van der Waals surface area contributed by atoms with Crippen LogP contribution in [0.3, 0.4) is 0 Å². The summed E-state index contributed by atoms with van der Waals surface area (Å²) in [4.78, 5) is 1.85. The number of nitrogens with zero attached hydrogens (tertiary/aromatic N) is 1. The predicted octanol–water partition coefficient (Wildman–Crippen LogP) is 4.59. The Hall–Kier alpha value is -1.26. The number of nitrogen functional groups attached to an aromatic ring is 1. The molecule has 0 spiro atoms. The van der Waals surface area contributed by atoms with Crippen LogP contribution < -0.4 is 10.6 Å². The topological polar surface area (TPSA) is 29.3 Å². The fourth-order valence-corrected chi connectivity index (χ4v) is 2.22. The minimum atomic E-state index is -0.433. The molecule has 2 rings (SSSR count). The van der Waals surface area contributed by atoms with Gasteiger partial charge in [0, 0.05) is 17.2 Å². The van der Waals surface area contributed by atoms with E-state index in [4.69, 9.17) is 17.3 Å². The maximum atomic E-state index is 13.1. The van der Waals surface area contributed by atoms with Gasteiger partial charge in [0.25, 0.3) is 0 Å². The maximum absolute atomic E-state index is 13.1. The van der Waals surface area contributed by atoms with E-state index < -0.39 is 5.82 Å². The summed E-state index contributed by atoms with van der Waals surface area (Å²) in [5.41, 5.74) is 8.19. The SMILES string of the molecule is CN(c1ccc(F)c(Cl)c1)c1ccc(Br)cc1N. The smallest absolute Gasteiger partial charge is 0.141 e. The molecule has 18 heavy (non-hydrogen) atoms. The Balaban J connectivity index is 2.41. The molecule has 0 bridgehead atoms. The maximum Gasteiger partial charge on any atom is 0.141 e. The lowest BCUT2D eigenvalue weighted by Crippen LogP contribution is -2.11. The molecule has 0 aliphatic heterocycles. The van der Waals surface area contributed by atoms with Crippen LogP contribution in [0, 0.1) is 5.82 Å². The van der Waals surface area contributed by atoms with Crippen LogP contribution >= 0.6 is 27.5 Å². The van der Waals surface area contributed by atoms with Crippen LogP contribution in [0.4, 0.5) is 21.5 Å². The van der Waals surface area contributed by atoms with Gasteiger partial charge >= 0.3 is 0 Å². The molecule has 0 amide bonds. The number of rotatable bonds is 2. The average molecular weight is 330 g/mol. The summed E-state index contributed by atoms with van der Waals surface area (Å²) in [6, 6.07) is 10.2. The van der Waals surface area contributed by atoms with Crippen molar-refractivity contribution in [3.05, 3.63) is 51.7 Å². The van der Waals surface area contributed by atoms with E-state index in [9.17, 15) is 4.39 Å². The zero-order valence-corrected chi connectivity index (χ0v) is 12.0. The van der Waals surface area contributed by atoms with Crippen molar-refractivity contribution < 1.29 is 4.39 Å². The summed E-state index contributed by atoms with van der Waals surface area (Å²) in [6.07, 6.45) is 0. The molecule has 0 aliphatic rings. The average Bonchev–Trinajstić information content (AvgIpc) is 2.32. The molecule has 0 unspecified atom stereocenters. The van der Waals surface area contributed by atoms with Gasteiger partial charge in [0.05, 0.1) is 16.4 Å². The first-order valence-electron chi connectivity index (χ1n) is 5.23. The van der Waals surface area contributed by atoms with Gasteiger partial charge in [-0.1, -0.05) is 27.5 Å². The van der Waals surface area contributed by atoms with Crippen molar-refractivity contribution in [2.45, 2.75) is 0 Å². The summed E-state index contributed by atoms with van der Waals surface area (Å²) in [6.45, 7) is 0. The van der Waals surface area contributed by atoms with Crippen LogP contribution in [0.25, 0.3) is 0 Å². The summed E-state index contributed by atoms with van der Waals surface area (Å²) < 4.78 is 14.0. The number of anilines is 3. The van der Waals surface area contributed by atoms with Crippen molar-refractivity contribution in [3.8, 4) is 0 Å². The van der Waals surface area contributed by atoms with Gasteiger partial charge in [0.2, 0.25) is 0 Å². The molecule has 2 nitrogen and oxygen atoms in total. The van der Waals surface area contributed by atoms with E-state index in [1.807, 2.05) is 30.1 Å². The van der Waals surface area contributed by atoms with E-state index >= 15 is 0 Å². The molecule has 0 aliphatic carbocycles. The van der Waals surface area contributed by atoms with Gasteiger partial charge in [-0.3, -0.25) is 0 Å². The number of hydrogen-bond donors (Lipinski definition) is 1. The Morgan fingerprint density at radius 2 is 1.94 bits per heavy atom. The Kier molecular flexibility index (Phi) is 3.78. The van der Waals surface area contributed by atoms with E-state index in [0.717, 1.165) is 15.8 Å². The van der Waals surface area contributed by atoms with Crippen LogP contribution in [0.15, 0.2) is 40.9 Å². The molecule has 0 saturated heterocycles. The summed E-state index contributed by atoms with van der Waals surface area (Å²) >= 11 is 9.12. The lowest BCUT2D eigenvalue weighted by Gasteiger charge is -2.21. The molecule has 2 N–H and O–H groups in total. The normalized spacial score (nSPS) is 10.4. The van der Waals surface area contributed by atoms with E-state index in [2.05, 4.69) is 15.9 Å². The van der Waals surface area contributed by atoms with E-state index in [1.54, 1.807) is 12.1 Å². The van der Waals surface area contributed by atoms with Crippen LogP contribution in [-0.2, 0) is 0 Å². The first-order valence-corrected chi connectivity index (χ1v) is 6.40. The van der Waals surface area contributed by atoms with Gasteiger partial charge in [-0.2, -0.15) is 0 Å². The van der Waals surface area contributed by atoms with Crippen molar-refractivity contribution >= 4 is 44.6 Å². The van der Waals surface area contributed by atoms with Gasteiger partial charge < -0.3 is 10.6 Å². The third-order valence-corrected chi connectivity index (χ3v) is 3.42. The highest BCUT2D eigenvalue weighted by atomic mass is 79.9. The van der Waals surface area contributed by atoms with Crippen molar-refractivity contribution in [2.24, 2.45) is 0 Å². The van der Waals surface area contributed by atoms with E-state index in [-0.39, 0.29) is 5.02 Å². The lowest BCUT2D eigenvalue weighted by molar-refractivity contribution is 0.628. The van der Waals surface area contributed by atoms with Crippen LogP contribution in [0.1, 0.15) is 0 Å². The zero-order chi connectivity index (χ0) is 13.3. The van der Waals surface area contributed by atoms with Crippen molar-refractivity contribution in [1.82, 2.24) is 0 Å². The molecular weight excluding hydrogens is 319 g/mol. The third kappa shape index (κ3) is 2.60. The molecule has 2 aromatic rings. The van der Waals surface area contributed by atoms with Gasteiger partial charge in [0.15, 0.2) is 0 Å². The Bertz CT molecular complexity index is 589. The van der Waals surface area contributed by atoms with Crippen LogP contribution in [0.5, 0.6) is 0 Å². The standard InChI is InChI=1S/C13H11BrClFN2/c1-18(9-3-4-11(16)10(15)7-9)13-5-2-8(14)6-12(13)17/h2-7H,17H2,1H3. The molecule has 0 aromatic heterocycles. The molecule has 0 saturated carbocycles. The van der Waals surface area contributed by atoms with Crippen LogP contribution in [-0.4, -0.2) is 7.05 Å². The van der Waals surface area contributed by atoms with E-state index in [0.29, 0.717) is 5.69 Å². The molecule has 5 heteroatoms. The first kappa shape index (κ1) is 13.2. The molecule has 2 aromatic carbocycles. The third-order valence-electron chi connectivity index (χ3n) is 2.64. The van der Waals surface area contributed by atoms with Crippen LogP contribution in [0.2, 0.25) is 5.02 Å². The summed E-state index contributed by atoms with van der Waals surface area (Å²) in [5.74, 6) is -0.433. The van der Waals surface area contributed by atoms with Gasteiger partial charge in [-0.05, 0) is 36.4 Å². The second kappa shape index (κ2) is 5.16. The second-order valence-corrected chi connectivity index (χ2v) is 5.18. The number of benzene rings is 2. The van der Waals surface area contributed by atoms with Gasteiger partial charge in [-0.15, -0.1) is 0 Å².